The summed E-state index contributed by atoms with van der Waals surface area (Å²) in [5.41, 5.74) is 2.23. The van der Waals surface area contributed by atoms with E-state index in [1.165, 1.54) is 0 Å². The number of carbonyl (C=O) groups excluding carboxylic acids is 1. The third-order valence-corrected chi connectivity index (χ3v) is 3.28. The quantitative estimate of drug-likeness (QED) is 0.783. The fraction of sp³-hybridized carbons (Fsp3) is 0.250. The molecule has 0 aliphatic heterocycles. The minimum absolute atomic E-state index is 0.0851. The Morgan fingerprint density at radius 3 is 2.71 bits per heavy atom. The van der Waals surface area contributed by atoms with Crippen LogP contribution in [0.25, 0.3) is 0 Å². The van der Waals surface area contributed by atoms with Gasteiger partial charge in [-0.25, -0.2) is 0 Å². The molecule has 4 nitrogen and oxygen atoms in total. The number of carbonyl (C=O) groups is 1. The summed E-state index contributed by atoms with van der Waals surface area (Å²) in [6.07, 6.45) is 0. The number of ether oxygens (including phenoxy) is 1. The molecule has 17 heavy (non-hydrogen) atoms. The molecule has 0 unspecified atom stereocenters. The maximum Gasteiger partial charge on any atom is 0.210 e. The molecule has 1 heterocycles. The third-order valence-electron chi connectivity index (χ3n) is 2.46. The van der Waals surface area contributed by atoms with Crippen LogP contribution in [-0.2, 0) is 0 Å². The topological polar surface area (TPSA) is 52.1 Å². The van der Waals surface area contributed by atoms with Gasteiger partial charge in [-0.15, -0.1) is 5.10 Å². The molecule has 2 aromatic rings. The van der Waals surface area contributed by atoms with E-state index in [0.717, 1.165) is 17.1 Å². The highest BCUT2D eigenvalue weighted by Gasteiger charge is 2.19. The van der Waals surface area contributed by atoms with Crippen molar-refractivity contribution in [1.82, 2.24) is 9.59 Å². The Morgan fingerprint density at radius 2 is 2.12 bits per heavy atom. The standard InChI is InChI=1S/C12H12N2O2S/c1-7-4-5-10(16-3)9(6-7)11(15)12-8(2)13-14-17-12/h4-6H,1-3H3. The zero-order valence-corrected chi connectivity index (χ0v) is 10.7. The van der Waals surface area contributed by atoms with Crippen LogP contribution in [0.1, 0.15) is 26.5 Å². The summed E-state index contributed by atoms with van der Waals surface area (Å²) in [6.45, 7) is 3.72. The molecule has 0 N–H and O–H groups in total. The number of aromatic nitrogens is 2. The Bertz CT molecular complexity index is 563. The second-order valence-corrected chi connectivity index (χ2v) is 4.47. The summed E-state index contributed by atoms with van der Waals surface area (Å²) in [7, 11) is 1.55. The number of nitrogens with zero attached hydrogens (tertiary/aromatic N) is 2. The smallest absolute Gasteiger partial charge is 0.210 e. The maximum atomic E-state index is 12.3. The number of hydrogen-bond acceptors (Lipinski definition) is 5. The molecule has 0 saturated carbocycles. The number of rotatable bonds is 3. The second kappa shape index (κ2) is 4.63. The molecule has 1 aromatic carbocycles. The van der Waals surface area contributed by atoms with E-state index in [1.54, 1.807) is 20.1 Å². The van der Waals surface area contributed by atoms with E-state index in [-0.39, 0.29) is 5.78 Å². The molecule has 0 aliphatic rings. The highest BCUT2D eigenvalue weighted by molar-refractivity contribution is 7.08. The van der Waals surface area contributed by atoms with E-state index >= 15 is 0 Å². The van der Waals surface area contributed by atoms with Gasteiger partial charge in [0.05, 0.1) is 18.4 Å². The molecular weight excluding hydrogens is 236 g/mol. The molecule has 2 rings (SSSR count). The van der Waals surface area contributed by atoms with Crippen molar-refractivity contribution < 1.29 is 9.53 Å². The predicted molar refractivity (Wildman–Crippen MR) is 65.8 cm³/mol. The van der Waals surface area contributed by atoms with Crippen LogP contribution in [0, 0.1) is 13.8 Å². The van der Waals surface area contributed by atoms with Crippen molar-refractivity contribution in [2.75, 3.05) is 7.11 Å². The van der Waals surface area contributed by atoms with Crippen LogP contribution < -0.4 is 4.74 Å². The lowest BCUT2D eigenvalue weighted by atomic mass is 10.0. The maximum absolute atomic E-state index is 12.3. The molecule has 0 radical (unpaired) electrons. The van der Waals surface area contributed by atoms with Crippen molar-refractivity contribution in [2.24, 2.45) is 0 Å². The molecule has 5 heteroatoms. The first-order valence-electron chi connectivity index (χ1n) is 5.11. The number of ketones is 1. The average Bonchev–Trinajstić information content (AvgIpc) is 2.74. The van der Waals surface area contributed by atoms with Gasteiger partial charge in [0, 0.05) is 0 Å². The fourth-order valence-electron chi connectivity index (χ4n) is 1.56. The van der Waals surface area contributed by atoms with Crippen molar-refractivity contribution in [1.29, 1.82) is 0 Å². The highest BCUT2D eigenvalue weighted by atomic mass is 32.1. The fourth-order valence-corrected chi connectivity index (χ4v) is 2.17. The van der Waals surface area contributed by atoms with Gasteiger partial charge in [0.25, 0.3) is 0 Å². The van der Waals surface area contributed by atoms with Crippen LogP contribution in [0.15, 0.2) is 18.2 Å². The highest BCUT2D eigenvalue weighted by Crippen LogP contribution is 2.24. The van der Waals surface area contributed by atoms with E-state index in [2.05, 4.69) is 9.59 Å². The Balaban J connectivity index is 2.50. The molecule has 0 fully saturated rings. The van der Waals surface area contributed by atoms with Crippen LogP contribution in [-0.4, -0.2) is 22.5 Å². The van der Waals surface area contributed by atoms with Gasteiger partial charge in [0.15, 0.2) is 0 Å². The first-order valence-corrected chi connectivity index (χ1v) is 5.89. The van der Waals surface area contributed by atoms with Gasteiger partial charge in [-0.2, -0.15) is 0 Å². The summed E-state index contributed by atoms with van der Waals surface area (Å²) in [5, 5.41) is 3.85. The Hall–Kier alpha value is -1.75. The van der Waals surface area contributed by atoms with Gasteiger partial charge in [0.2, 0.25) is 5.78 Å². The number of hydrogen-bond donors (Lipinski definition) is 0. The van der Waals surface area contributed by atoms with E-state index in [0.29, 0.717) is 21.9 Å². The van der Waals surface area contributed by atoms with Gasteiger partial charge in [-0.3, -0.25) is 4.79 Å². The Labute approximate surface area is 103 Å². The second-order valence-electron chi connectivity index (χ2n) is 3.72. The van der Waals surface area contributed by atoms with Crippen molar-refractivity contribution in [2.45, 2.75) is 13.8 Å². The Morgan fingerprint density at radius 1 is 1.35 bits per heavy atom. The normalized spacial score (nSPS) is 10.3. The van der Waals surface area contributed by atoms with Crippen molar-refractivity contribution in [3.05, 3.63) is 39.9 Å². The lowest BCUT2D eigenvalue weighted by molar-refractivity contribution is 0.103. The number of benzene rings is 1. The zero-order chi connectivity index (χ0) is 12.4. The van der Waals surface area contributed by atoms with Crippen LogP contribution in [0.3, 0.4) is 0 Å². The SMILES string of the molecule is COc1ccc(C)cc1C(=O)c1snnc1C. The minimum Gasteiger partial charge on any atom is -0.496 e. The van der Waals surface area contributed by atoms with Crippen LogP contribution in [0.2, 0.25) is 0 Å². The summed E-state index contributed by atoms with van der Waals surface area (Å²) in [4.78, 5) is 12.9. The molecule has 0 aliphatic carbocycles. The summed E-state index contributed by atoms with van der Waals surface area (Å²) < 4.78 is 8.98. The monoisotopic (exact) mass is 248 g/mol. The van der Waals surface area contributed by atoms with Gasteiger partial charge in [-0.1, -0.05) is 16.1 Å². The average molecular weight is 248 g/mol. The molecule has 0 amide bonds. The van der Waals surface area contributed by atoms with Crippen LogP contribution >= 0.6 is 11.5 Å². The van der Waals surface area contributed by atoms with E-state index < -0.39 is 0 Å². The van der Waals surface area contributed by atoms with Gasteiger partial charge in [-0.05, 0) is 37.5 Å². The molecule has 0 spiro atoms. The minimum atomic E-state index is -0.0851. The van der Waals surface area contributed by atoms with Crippen LogP contribution in [0.4, 0.5) is 0 Å². The predicted octanol–water partition coefficient (Wildman–Crippen LogP) is 2.39. The third kappa shape index (κ3) is 2.19. The summed E-state index contributed by atoms with van der Waals surface area (Å²) in [5.74, 6) is 0.492. The first kappa shape index (κ1) is 11.7. The lowest BCUT2D eigenvalue weighted by Gasteiger charge is -2.07. The molecule has 1 aromatic heterocycles. The van der Waals surface area contributed by atoms with Gasteiger partial charge >= 0.3 is 0 Å². The van der Waals surface area contributed by atoms with E-state index in [9.17, 15) is 4.79 Å². The van der Waals surface area contributed by atoms with Gasteiger partial charge in [0.1, 0.15) is 10.6 Å². The molecule has 0 bridgehead atoms. The van der Waals surface area contributed by atoms with Crippen molar-refractivity contribution in [3.63, 3.8) is 0 Å². The van der Waals surface area contributed by atoms with Gasteiger partial charge < -0.3 is 4.74 Å². The molecular formula is C12H12N2O2S. The molecule has 0 atom stereocenters. The van der Waals surface area contributed by atoms with E-state index in [4.69, 9.17) is 4.74 Å². The largest absolute Gasteiger partial charge is 0.496 e. The number of aryl methyl sites for hydroxylation is 2. The lowest BCUT2D eigenvalue weighted by Crippen LogP contribution is -2.04. The summed E-state index contributed by atoms with van der Waals surface area (Å²) in [6, 6.07) is 5.53. The van der Waals surface area contributed by atoms with Crippen molar-refractivity contribution in [3.8, 4) is 5.75 Å². The van der Waals surface area contributed by atoms with Crippen molar-refractivity contribution >= 4 is 17.3 Å². The number of methoxy groups -OCH3 is 1. The Kier molecular flexibility index (Phi) is 3.19. The summed E-state index contributed by atoms with van der Waals surface area (Å²) >= 11 is 1.11. The molecule has 0 saturated heterocycles. The first-order chi connectivity index (χ1) is 8.13. The van der Waals surface area contributed by atoms with E-state index in [1.807, 2.05) is 19.1 Å². The van der Waals surface area contributed by atoms with Crippen LogP contribution in [0.5, 0.6) is 5.75 Å². The molecule has 88 valence electrons. The zero-order valence-electron chi connectivity index (χ0n) is 9.85.